The Bertz CT molecular complexity index is 1540. The highest BCUT2D eigenvalue weighted by Crippen LogP contribution is 2.36. The second-order valence-electron chi connectivity index (χ2n) is 11.5. The number of hydrogen-bond donors (Lipinski definition) is 1. The summed E-state index contributed by atoms with van der Waals surface area (Å²) in [4.78, 5) is 29.3. The molecule has 0 fully saturated rings. The van der Waals surface area contributed by atoms with Crippen molar-refractivity contribution >= 4 is 39.1 Å². The number of carbonyl (C=O) groups excluding carboxylic acids is 2. The second-order valence-corrected chi connectivity index (χ2v) is 13.8. The van der Waals surface area contributed by atoms with E-state index in [4.69, 9.17) is 21.1 Å². The summed E-state index contributed by atoms with van der Waals surface area (Å²) >= 11 is 6.50. The number of sulfonamides is 1. The van der Waals surface area contributed by atoms with E-state index in [0.29, 0.717) is 34.2 Å². The lowest BCUT2D eigenvalue weighted by Crippen LogP contribution is -2.54. The summed E-state index contributed by atoms with van der Waals surface area (Å²) in [6, 6.07) is 20.8. The van der Waals surface area contributed by atoms with Crippen LogP contribution >= 0.6 is 11.6 Å². The molecule has 2 amide bonds. The summed E-state index contributed by atoms with van der Waals surface area (Å²) in [5.74, 6) is 0.432. The molecule has 0 radical (unpaired) electrons. The molecule has 3 aromatic rings. The number of benzene rings is 3. The van der Waals surface area contributed by atoms with Crippen molar-refractivity contribution in [3.63, 3.8) is 0 Å². The number of halogens is 1. The molecule has 230 valence electrons. The SMILES string of the molecule is CC(C)(C)NC(=O)C(Cc1ccccc1)N(Cc1ccccc1Cl)C(=O)CCCN(c1ccc2c(c1)OCO2)S(C)(=O)=O. The van der Waals surface area contributed by atoms with E-state index in [1.165, 1.54) is 4.31 Å². The normalized spacial score (nSPS) is 13.3. The summed E-state index contributed by atoms with van der Waals surface area (Å²) in [5.41, 5.74) is 1.50. The van der Waals surface area contributed by atoms with E-state index in [-0.39, 0.29) is 44.5 Å². The minimum atomic E-state index is -3.67. The Morgan fingerprint density at radius 2 is 1.65 bits per heavy atom. The molecule has 3 aromatic carbocycles. The van der Waals surface area contributed by atoms with Gasteiger partial charge in [0.15, 0.2) is 11.5 Å². The summed E-state index contributed by atoms with van der Waals surface area (Å²) in [6.45, 7) is 5.91. The fourth-order valence-corrected chi connectivity index (χ4v) is 6.01. The predicted octanol–water partition coefficient (Wildman–Crippen LogP) is 5.17. The van der Waals surface area contributed by atoms with Crippen molar-refractivity contribution < 1.29 is 27.5 Å². The minimum absolute atomic E-state index is 0.00904. The highest BCUT2D eigenvalue weighted by Gasteiger charge is 2.32. The molecule has 9 nitrogen and oxygen atoms in total. The van der Waals surface area contributed by atoms with Crippen LogP contribution in [-0.4, -0.2) is 56.3 Å². The maximum absolute atomic E-state index is 14.0. The molecule has 1 unspecified atom stereocenters. The van der Waals surface area contributed by atoms with Gasteiger partial charge in [-0.25, -0.2) is 8.42 Å². The van der Waals surface area contributed by atoms with Gasteiger partial charge in [0.25, 0.3) is 0 Å². The van der Waals surface area contributed by atoms with Gasteiger partial charge < -0.3 is 19.7 Å². The average Bonchev–Trinajstić information content (AvgIpc) is 3.41. The van der Waals surface area contributed by atoms with Crippen LogP contribution in [0.15, 0.2) is 72.8 Å². The van der Waals surface area contributed by atoms with Gasteiger partial charge in [-0.15, -0.1) is 0 Å². The number of anilines is 1. The zero-order chi connectivity index (χ0) is 31.2. The average molecular weight is 628 g/mol. The van der Waals surface area contributed by atoms with Gasteiger partial charge >= 0.3 is 0 Å². The second kappa shape index (κ2) is 13.7. The molecule has 11 heteroatoms. The Balaban J connectivity index is 1.60. The monoisotopic (exact) mass is 627 g/mol. The van der Waals surface area contributed by atoms with Gasteiger partial charge in [0.1, 0.15) is 6.04 Å². The molecule has 1 aliphatic rings. The fourth-order valence-electron chi connectivity index (χ4n) is 4.86. The van der Waals surface area contributed by atoms with Gasteiger partial charge in [0.2, 0.25) is 28.6 Å². The minimum Gasteiger partial charge on any atom is -0.454 e. The molecule has 0 spiro atoms. The summed E-state index contributed by atoms with van der Waals surface area (Å²) < 4.78 is 37.5. The van der Waals surface area contributed by atoms with Gasteiger partial charge in [0, 0.05) is 42.6 Å². The number of amides is 2. The fraction of sp³-hybridized carbons (Fsp3) is 0.375. The predicted molar refractivity (Wildman–Crippen MR) is 168 cm³/mol. The van der Waals surface area contributed by atoms with E-state index in [2.05, 4.69) is 5.32 Å². The van der Waals surface area contributed by atoms with E-state index < -0.39 is 21.6 Å². The van der Waals surface area contributed by atoms with Crippen LogP contribution in [0.3, 0.4) is 0 Å². The third-order valence-electron chi connectivity index (χ3n) is 6.86. The van der Waals surface area contributed by atoms with Crippen LogP contribution in [0, 0.1) is 0 Å². The lowest BCUT2D eigenvalue weighted by Gasteiger charge is -2.34. The van der Waals surface area contributed by atoms with Crippen molar-refractivity contribution in [2.45, 2.75) is 58.2 Å². The molecule has 1 heterocycles. The largest absolute Gasteiger partial charge is 0.454 e. The Hall–Kier alpha value is -3.76. The highest BCUT2D eigenvalue weighted by atomic mass is 35.5. The molecule has 0 aliphatic carbocycles. The van der Waals surface area contributed by atoms with E-state index >= 15 is 0 Å². The van der Waals surface area contributed by atoms with Gasteiger partial charge in [-0.05, 0) is 56.5 Å². The van der Waals surface area contributed by atoms with E-state index in [9.17, 15) is 18.0 Å². The van der Waals surface area contributed by atoms with Crippen LogP contribution in [-0.2, 0) is 32.6 Å². The molecule has 1 atom stereocenters. The first-order valence-corrected chi connectivity index (χ1v) is 16.3. The maximum atomic E-state index is 14.0. The number of fused-ring (bicyclic) bond motifs is 1. The van der Waals surface area contributed by atoms with E-state index in [0.717, 1.165) is 11.8 Å². The third-order valence-corrected chi connectivity index (χ3v) is 8.43. The lowest BCUT2D eigenvalue weighted by atomic mass is 10.00. The number of rotatable bonds is 12. The number of ether oxygens (including phenoxy) is 2. The van der Waals surface area contributed by atoms with Crippen molar-refractivity contribution in [3.05, 3.63) is 88.9 Å². The zero-order valence-corrected chi connectivity index (χ0v) is 26.5. The van der Waals surface area contributed by atoms with Crippen molar-refractivity contribution in [1.82, 2.24) is 10.2 Å². The number of nitrogens with one attached hydrogen (secondary N) is 1. The van der Waals surface area contributed by atoms with Crippen molar-refractivity contribution in [3.8, 4) is 11.5 Å². The summed E-state index contributed by atoms with van der Waals surface area (Å²) in [7, 11) is -3.67. The zero-order valence-electron chi connectivity index (χ0n) is 24.9. The standard InChI is InChI=1S/C32H38ClN3O6S/c1-32(2,3)34-31(38)27(19-23-11-6-5-7-12-23)35(21-24-13-8-9-14-26(24)33)30(37)15-10-18-36(43(4,39)40)25-16-17-28-29(20-25)42-22-41-28/h5-9,11-14,16-17,20,27H,10,15,18-19,21-22H2,1-4H3,(H,34,38). The molecular formula is C32H38ClN3O6S. The molecule has 0 aromatic heterocycles. The van der Waals surface area contributed by atoms with E-state index in [1.807, 2.05) is 69.3 Å². The molecule has 0 saturated carbocycles. The van der Waals surface area contributed by atoms with Gasteiger partial charge in [-0.1, -0.05) is 60.1 Å². The van der Waals surface area contributed by atoms with Crippen LogP contribution in [0.5, 0.6) is 11.5 Å². The van der Waals surface area contributed by atoms with Crippen LogP contribution in [0.2, 0.25) is 5.02 Å². The lowest BCUT2D eigenvalue weighted by molar-refractivity contribution is -0.142. The third kappa shape index (κ3) is 8.87. The first-order chi connectivity index (χ1) is 20.3. The quantitative estimate of drug-likeness (QED) is 0.297. The number of hydrogen-bond acceptors (Lipinski definition) is 6. The van der Waals surface area contributed by atoms with E-state index in [1.54, 1.807) is 29.2 Å². The Morgan fingerprint density at radius 1 is 0.977 bits per heavy atom. The van der Waals surface area contributed by atoms with Gasteiger partial charge in [-0.3, -0.25) is 13.9 Å². The summed E-state index contributed by atoms with van der Waals surface area (Å²) in [5, 5.41) is 3.52. The van der Waals surface area contributed by atoms with Crippen LogP contribution in [0.4, 0.5) is 5.69 Å². The van der Waals surface area contributed by atoms with Gasteiger partial charge in [-0.2, -0.15) is 0 Å². The Kier molecular flexibility index (Phi) is 10.2. The first-order valence-electron chi connectivity index (χ1n) is 14.1. The molecule has 0 saturated heterocycles. The maximum Gasteiger partial charge on any atom is 0.243 e. The molecule has 4 rings (SSSR count). The molecular weight excluding hydrogens is 590 g/mol. The Morgan fingerprint density at radius 3 is 2.33 bits per heavy atom. The van der Waals surface area contributed by atoms with Gasteiger partial charge in [0.05, 0.1) is 11.9 Å². The Labute approximate surface area is 258 Å². The van der Waals surface area contributed by atoms with Crippen LogP contribution < -0.4 is 19.1 Å². The number of carbonyl (C=O) groups is 2. The molecule has 1 aliphatic heterocycles. The van der Waals surface area contributed by atoms with Crippen molar-refractivity contribution in [2.24, 2.45) is 0 Å². The molecule has 0 bridgehead atoms. The van der Waals surface area contributed by atoms with Crippen molar-refractivity contribution in [1.29, 1.82) is 0 Å². The molecule has 43 heavy (non-hydrogen) atoms. The first kappa shape index (κ1) is 32.2. The molecule has 1 N–H and O–H groups in total. The topological polar surface area (TPSA) is 105 Å². The highest BCUT2D eigenvalue weighted by molar-refractivity contribution is 7.92. The smallest absolute Gasteiger partial charge is 0.243 e. The summed E-state index contributed by atoms with van der Waals surface area (Å²) in [6.07, 6.45) is 1.65. The van der Waals surface area contributed by atoms with Crippen molar-refractivity contribution in [2.75, 3.05) is 23.9 Å². The number of nitrogens with zero attached hydrogens (tertiary/aromatic N) is 2. The van der Waals surface area contributed by atoms with Crippen LogP contribution in [0.25, 0.3) is 0 Å². The van der Waals surface area contributed by atoms with Crippen LogP contribution in [0.1, 0.15) is 44.7 Å².